The third-order valence-electron chi connectivity index (χ3n) is 4.65. The second kappa shape index (κ2) is 10.3. The maximum atomic E-state index is 10.7. The minimum atomic E-state index is -2.61. The first-order valence-electron chi connectivity index (χ1n) is 8.98. The van der Waals surface area contributed by atoms with Crippen LogP contribution in [0.4, 0.5) is 0 Å². The molecule has 0 fully saturated rings. The zero-order chi connectivity index (χ0) is 19.2. The summed E-state index contributed by atoms with van der Waals surface area (Å²) in [6.07, 6.45) is 0.297. The normalized spacial score (nSPS) is 12.9. The molecule has 2 aromatic carbocycles. The van der Waals surface area contributed by atoms with Gasteiger partial charge >= 0.3 is 18.9 Å². The van der Waals surface area contributed by atoms with E-state index >= 15 is 0 Å². The Balaban J connectivity index is 0.00000364. The third kappa shape index (κ3) is 5.81. The molecule has 0 aliphatic carbocycles. The van der Waals surface area contributed by atoms with Gasteiger partial charge in [0.15, 0.2) is 0 Å². The van der Waals surface area contributed by atoms with E-state index in [0.717, 1.165) is 0 Å². The van der Waals surface area contributed by atoms with Crippen molar-refractivity contribution in [2.45, 2.75) is 44.7 Å². The Hall–Kier alpha value is -1.36. The van der Waals surface area contributed by atoms with Crippen LogP contribution in [0.1, 0.15) is 33.6 Å². The minimum absolute atomic E-state index is 0. The summed E-state index contributed by atoms with van der Waals surface area (Å²) < 4.78 is 6.66. The molecule has 27 heavy (non-hydrogen) atoms. The summed E-state index contributed by atoms with van der Waals surface area (Å²) in [7, 11) is -2.61. The fraction of sp³-hybridized carbons (Fsp3) is 0.381. The van der Waals surface area contributed by atoms with Gasteiger partial charge in [-0.3, -0.25) is 0 Å². The minimum Gasteiger partial charge on any atom is -0.550 e. The molecule has 0 radical (unpaired) electrons. The fourth-order valence-electron chi connectivity index (χ4n) is 3.38. The zero-order valence-corrected chi connectivity index (χ0v) is 17.8. The van der Waals surface area contributed by atoms with Crippen LogP contribution in [0.2, 0.25) is 5.04 Å². The van der Waals surface area contributed by atoms with Gasteiger partial charge in [0.1, 0.15) is 0 Å². The fourth-order valence-corrected chi connectivity index (χ4v) is 8.00. The third-order valence-corrected chi connectivity index (χ3v) is 9.65. The molecule has 140 valence electrons. The summed E-state index contributed by atoms with van der Waals surface area (Å²) in [4.78, 5) is 10.7. The predicted molar refractivity (Wildman–Crippen MR) is 106 cm³/mol. The number of aliphatic carboxylic acids is 1. The molecular formula is C21H28LiNO3Si. The maximum absolute atomic E-state index is 10.7. The molecule has 0 aliphatic heterocycles. The van der Waals surface area contributed by atoms with E-state index in [1.807, 2.05) is 36.4 Å². The van der Waals surface area contributed by atoms with Crippen molar-refractivity contribution in [3.05, 3.63) is 60.7 Å². The standard InChI is InChI=1S/C21H29NO3Si.Li/c1-21(2,3)26(18-10-6-4-7-11-18,19-12-8-5-9-13-19)25-16-17(22)14-15-20(23)24;/h4-13,17H,14-16,22H2,1-3H3,(H,23,24);/q;+1/p-1/t17-;/m0./s1. The molecular weight excluding hydrogens is 349 g/mol. The molecule has 0 spiro atoms. The van der Waals surface area contributed by atoms with Crippen LogP contribution in [0.25, 0.3) is 0 Å². The summed E-state index contributed by atoms with van der Waals surface area (Å²) in [6.45, 7) is 6.92. The molecule has 0 aromatic heterocycles. The van der Waals surface area contributed by atoms with E-state index in [1.165, 1.54) is 10.4 Å². The molecule has 0 amide bonds. The molecule has 0 bridgehead atoms. The van der Waals surface area contributed by atoms with Crippen LogP contribution in [0.15, 0.2) is 60.7 Å². The van der Waals surface area contributed by atoms with Crippen molar-refractivity contribution in [1.82, 2.24) is 0 Å². The number of carboxylic acids is 1. The van der Waals surface area contributed by atoms with Gasteiger partial charge in [-0.05, 0) is 28.3 Å². The Morgan fingerprint density at radius 1 is 1.04 bits per heavy atom. The van der Waals surface area contributed by atoms with Crippen molar-refractivity contribution >= 4 is 24.7 Å². The van der Waals surface area contributed by atoms with Crippen molar-refractivity contribution in [2.24, 2.45) is 5.73 Å². The van der Waals surface area contributed by atoms with Gasteiger partial charge in [0, 0.05) is 18.6 Å². The van der Waals surface area contributed by atoms with Gasteiger partial charge in [0.05, 0.1) is 0 Å². The monoisotopic (exact) mass is 377 g/mol. The summed E-state index contributed by atoms with van der Waals surface area (Å²) in [6, 6.07) is 20.3. The summed E-state index contributed by atoms with van der Waals surface area (Å²) in [5.74, 6) is -1.08. The van der Waals surface area contributed by atoms with E-state index < -0.39 is 14.3 Å². The van der Waals surface area contributed by atoms with Gasteiger partial charge < -0.3 is 20.1 Å². The molecule has 2 rings (SSSR count). The van der Waals surface area contributed by atoms with E-state index in [1.54, 1.807) is 0 Å². The molecule has 0 saturated heterocycles. The van der Waals surface area contributed by atoms with Crippen molar-refractivity contribution in [3.63, 3.8) is 0 Å². The molecule has 6 heteroatoms. The van der Waals surface area contributed by atoms with Crippen LogP contribution in [-0.4, -0.2) is 26.9 Å². The topological polar surface area (TPSA) is 75.4 Å². The van der Waals surface area contributed by atoms with E-state index in [2.05, 4.69) is 45.0 Å². The number of benzene rings is 2. The van der Waals surface area contributed by atoms with E-state index in [-0.39, 0.29) is 36.4 Å². The van der Waals surface area contributed by atoms with Crippen LogP contribution in [0.3, 0.4) is 0 Å². The Morgan fingerprint density at radius 2 is 1.48 bits per heavy atom. The summed E-state index contributed by atoms with van der Waals surface area (Å²) in [5.41, 5.74) is 6.13. The Morgan fingerprint density at radius 3 is 1.85 bits per heavy atom. The van der Waals surface area contributed by atoms with Crippen LogP contribution in [0, 0.1) is 0 Å². The number of hydrogen-bond acceptors (Lipinski definition) is 4. The Kier molecular flexibility index (Phi) is 9.00. The van der Waals surface area contributed by atoms with Gasteiger partial charge in [-0.15, -0.1) is 0 Å². The molecule has 0 heterocycles. The second-order valence-electron chi connectivity index (χ2n) is 7.65. The van der Waals surface area contributed by atoms with Gasteiger partial charge in [-0.25, -0.2) is 0 Å². The molecule has 4 nitrogen and oxygen atoms in total. The van der Waals surface area contributed by atoms with E-state index in [0.29, 0.717) is 13.0 Å². The van der Waals surface area contributed by atoms with E-state index in [9.17, 15) is 9.90 Å². The smallest absolute Gasteiger partial charge is 0.550 e. The molecule has 2 N–H and O–H groups in total. The van der Waals surface area contributed by atoms with Crippen molar-refractivity contribution in [1.29, 1.82) is 0 Å². The maximum Gasteiger partial charge on any atom is 1.00 e. The predicted octanol–water partition coefficient (Wildman–Crippen LogP) is -1.58. The van der Waals surface area contributed by atoms with Crippen molar-refractivity contribution < 1.29 is 33.2 Å². The molecule has 2 aromatic rings. The first-order valence-corrected chi connectivity index (χ1v) is 10.9. The average Bonchev–Trinajstić information content (AvgIpc) is 2.61. The van der Waals surface area contributed by atoms with Gasteiger partial charge in [0.2, 0.25) is 0 Å². The number of carbonyl (C=O) groups is 1. The number of carbonyl (C=O) groups excluding carboxylic acids is 1. The van der Waals surface area contributed by atoms with Crippen molar-refractivity contribution in [2.75, 3.05) is 6.61 Å². The molecule has 0 aliphatic rings. The summed E-state index contributed by atoms with van der Waals surface area (Å²) in [5, 5.41) is 13.0. The Bertz CT molecular complexity index is 665. The van der Waals surface area contributed by atoms with Gasteiger partial charge in [0.25, 0.3) is 8.32 Å². The van der Waals surface area contributed by atoms with Crippen molar-refractivity contribution in [3.8, 4) is 0 Å². The quantitative estimate of drug-likeness (QED) is 0.564. The SMILES string of the molecule is CC(C)(C)[Si](OC[C@@H](N)CCC(=O)[O-])(c1ccccc1)c1ccccc1.[Li+]. The molecule has 0 saturated carbocycles. The first kappa shape index (κ1) is 23.7. The number of hydrogen-bond donors (Lipinski definition) is 1. The number of nitrogens with two attached hydrogens (primary N) is 1. The van der Waals surface area contributed by atoms with Crippen LogP contribution >= 0.6 is 0 Å². The molecule has 0 unspecified atom stereocenters. The van der Waals surface area contributed by atoms with Gasteiger partial charge in [-0.1, -0.05) is 81.4 Å². The van der Waals surface area contributed by atoms with Crippen LogP contribution in [-0.2, 0) is 9.22 Å². The number of carboxylic acid groups (broad SMARTS) is 1. The zero-order valence-electron chi connectivity index (χ0n) is 16.8. The number of rotatable bonds is 8. The molecule has 1 atom stereocenters. The van der Waals surface area contributed by atoms with Crippen LogP contribution < -0.4 is 40.1 Å². The Labute approximate surface area is 175 Å². The second-order valence-corrected chi connectivity index (χ2v) is 12.0. The van der Waals surface area contributed by atoms with Gasteiger partial charge in [-0.2, -0.15) is 0 Å². The van der Waals surface area contributed by atoms with E-state index in [4.69, 9.17) is 10.2 Å². The first-order chi connectivity index (χ1) is 12.3. The largest absolute Gasteiger partial charge is 1.00 e. The summed E-state index contributed by atoms with van der Waals surface area (Å²) >= 11 is 0. The van der Waals surface area contributed by atoms with Crippen LogP contribution in [0.5, 0.6) is 0 Å². The average molecular weight is 377 g/mol.